The maximum Gasteiger partial charge on any atom is 0.407 e. The molecule has 0 saturated carbocycles. The van der Waals surface area contributed by atoms with Gasteiger partial charge in [0.05, 0.1) is 7.11 Å². The highest BCUT2D eigenvalue weighted by atomic mass is 16.6. The molecule has 1 aliphatic heterocycles. The number of nitrogens with one attached hydrogen (secondary N) is 1. The van der Waals surface area contributed by atoms with Crippen molar-refractivity contribution in [3.05, 3.63) is 35.9 Å². The third-order valence-corrected chi connectivity index (χ3v) is 4.20. The summed E-state index contributed by atoms with van der Waals surface area (Å²) < 4.78 is 10.5. The number of likely N-dealkylation sites (tertiary alicyclic amines) is 1. The average molecular weight is 360 g/mol. The van der Waals surface area contributed by atoms with Crippen LogP contribution in [0.2, 0.25) is 0 Å². The molecule has 0 aromatic heterocycles. The number of rotatable bonds is 4. The van der Waals surface area contributed by atoms with Gasteiger partial charge < -0.3 is 19.7 Å². The fourth-order valence-electron chi connectivity index (χ4n) is 2.91. The first-order valence-corrected chi connectivity index (χ1v) is 8.83. The average Bonchev–Trinajstić information content (AvgIpc) is 2.59. The van der Waals surface area contributed by atoms with E-state index in [-0.39, 0.29) is 11.9 Å². The van der Waals surface area contributed by atoms with Gasteiger partial charge in [-0.15, -0.1) is 0 Å². The summed E-state index contributed by atoms with van der Waals surface area (Å²) in [5.74, 6) is 0.670. The number of ether oxygens (including phenoxy) is 2. The molecule has 0 aliphatic carbocycles. The quantitative estimate of drug-likeness (QED) is 0.893. The van der Waals surface area contributed by atoms with E-state index in [1.165, 1.54) is 0 Å². The number of methoxy groups -OCH3 is 1. The van der Waals surface area contributed by atoms with Crippen molar-refractivity contribution in [2.24, 2.45) is 0 Å². The minimum Gasteiger partial charge on any atom is -0.496 e. The van der Waals surface area contributed by atoms with Crippen molar-refractivity contribution in [3.8, 4) is 5.75 Å². The Hall–Kier alpha value is -2.50. The van der Waals surface area contributed by atoms with Crippen LogP contribution in [-0.4, -0.2) is 48.7 Å². The molecule has 0 unspecified atom stereocenters. The Bertz CT molecular complexity index is 671. The van der Waals surface area contributed by atoms with Gasteiger partial charge in [0.2, 0.25) is 0 Å². The first-order valence-electron chi connectivity index (χ1n) is 8.83. The second kappa shape index (κ2) is 8.25. The summed E-state index contributed by atoms with van der Waals surface area (Å²) in [6.45, 7) is 10.4. The molecule has 1 aromatic carbocycles. The molecular formula is C20H28N2O4. The molecule has 1 N–H and O–H groups in total. The molecule has 0 radical (unpaired) electrons. The SMILES string of the molecule is C=Cc1cc(C(=O)N2CCC(NC(=O)OC(C)(C)C)CC2)ccc1OC. The van der Waals surface area contributed by atoms with Gasteiger partial charge in [-0.05, 0) is 51.8 Å². The smallest absolute Gasteiger partial charge is 0.407 e. The first-order chi connectivity index (χ1) is 12.2. The highest BCUT2D eigenvalue weighted by molar-refractivity contribution is 5.95. The van der Waals surface area contributed by atoms with Crippen molar-refractivity contribution in [3.63, 3.8) is 0 Å². The van der Waals surface area contributed by atoms with Gasteiger partial charge in [0.25, 0.3) is 5.91 Å². The van der Waals surface area contributed by atoms with Crippen molar-refractivity contribution >= 4 is 18.1 Å². The molecule has 6 nitrogen and oxygen atoms in total. The van der Waals surface area contributed by atoms with Crippen LogP contribution in [0.1, 0.15) is 49.5 Å². The molecule has 1 aliphatic rings. The van der Waals surface area contributed by atoms with Gasteiger partial charge in [-0.2, -0.15) is 0 Å². The van der Waals surface area contributed by atoms with E-state index in [2.05, 4.69) is 11.9 Å². The lowest BCUT2D eigenvalue weighted by molar-refractivity contribution is 0.0473. The predicted octanol–water partition coefficient (Wildman–Crippen LogP) is 3.47. The Balaban J connectivity index is 1.92. The summed E-state index contributed by atoms with van der Waals surface area (Å²) in [6.07, 6.45) is 2.67. The number of piperidine rings is 1. The van der Waals surface area contributed by atoms with Crippen molar-refractivity contribution < 1.29 is 19.1 Å². The van der Waals surface area contributed by atoms with Crippen LogP contribution in [-0.2, 0) is 4.74 Å². The van der Waals surface area contributed by atoms with Gasteiger partial charge in [0, 0.05) is 30.3 Å². The Morgan fingerprint density at radius 3 is 2.46 bits per heavy atom. The van der Waals surface area contributed by atoms with E-state index in [0.717, 1.165) is 5.56 Å². The molecule has 142 valence electrons. The van der Waals surface area contributed by atoms with E-state index in [0.29, 0.717) is 37.2 Å². The zero-order chi connectivity index (χ0) is 19.3. The van der Waals surface area contributed by atoms with Crippen molar-refractivity contribution in [2.75, 3.05) is 20.2 Å². The normalized spacial score (nSPS) is 15.3. The van der Waals surface area contributed by atoms with Gasteiger partial charge in [-0.25, -0.2) is 4.79 Å². The van der Waals surface area contributed by atoms with Crippen molar-refractivity contribution in [2.45, 2.75) is 45.3 Å². The largest absolute Gasteiger partial charge is 0.496 e. The van der Waals surface area contributed by atoms with Gasteiger partial charge >= 0.3 is 6.09 Å². The van der Waals surface area contributed by atoms with Crippen LogP contribution in [0.15, 0.2) is 24.8 Å². The summed E-state index contributed by atoms with van der Waals surface area (Å²) in [5, 5.41) is 2.88. The van der Waals surface area contributed by atoms with E-state index in [1.54, 1.807) is 31.4 Å². The van der Waals surface area contributed by atoms with Crippen LogP contribution in [0.5, 0.6) is 5.75 Å². The summed E-state index contributed by atoms with van der Waals surface area (Å²) in [6, 6.07) is 5.35. The number of benzene rings is 1. The zero-order valence-electron chi connectivity index (χ0n) is 16.0. The number of alkyl carbamates (subject to hydrolysis) is 1. The van der Waals surface area contributed by atoms with Gasteiger partial charge in [0.1, 0.15) is 11.4 Å². The summed E-state index contributed by atoms with van der Waals surface area (Å²) in [7, 11) is 1.59. The van der Waals surface area contributed by atoms with Crippen LogP contribution < -0.4 is 10.1 Å². The molecule has 1 fully saturated rings. The lowest BCUT2D eigenvalue weighted by Crippen LogP contribution is -2.47. The third-order valence-electron chi connectivity index (χ3n) is 4.20. The standard InChI is InChI=1S/C20H28N2O4/c1-6-14-13-15(7-8-17(14)25-5)18(23)22-11-9-16(10-12-22)21-19(24)26-20(2,3)4/h6-8,13,16H,1,9-12H2,2-5H3,(H,21,24). The highest BCUT2D eigenvalue weighted by Gasteiger charge is 2.26. The van der Waals surface area contributed by atoms with E-state index in [1.807, 2.05) is 25.7 Å². The molecule has 1 aromatic rings. The van der Waals surface area contributed by atoms with Gasteiger partial charge in [-0.3, -0.25) is 4.79 Å². The molecule has 1 heterocycles. The predicted molar refractivity (Wildman–Crippen MR) is 101 cm³/mol. The number of carbonyl (C=O) groups is 2. The molecule has 26 heavy (non-hydrogen) atoms. The van der Waals surface area contributed by atoms with Crippen LogP contribution in [0.3, 0.4) is 0 Å². The summed E-state index contributed by atoms with van der Waals surface area (Å²) in [4.78, 5) is 26.4. The monoisotopic (exact) mass is 360 g/mol. The van der Waals surface area contributed by atoms with Crippen molar-refractivity contribution in [1.29, 1.82) is 0 Å². The second-order valence-corrected chi connectivity index (χ2v) is 7.37. The van der Waals surface area contributed by atoms with E-state index >= 15 is 0 Å². The summed E-state index contributed by atoms with van der Waals surface area (Å²) in [5.41, 5.74) is 0.886. The number of hydrogen-bond acceptors (Lipinski definition) is 4. The Morgan fingerprint density at radius 1 is 1.27 bits per heavy atom. The minimum absolute atomic E-state index is 0.0218. The molecular weight excluding hydrogens is 332 g/mol. The van der Waals surface area contributed by atoms with E-state index in [9.17, 15) is 9.59 Å². The molecule has 0 spiro atoms. The molecule has 0 atom stereocenters. The lowest BCUT2D eigenvalue weighted by Gasteiger charge is -2.33. The number of hydrogen-bond donors (Lipinski definition) is 1. The van der Waals surface area contributed by atoms with Crippen LogP contribution in [0.25, 0.3) is 6.08 Å². The van der Waals surface area contributed by atoms with Crippen LogP contribution in [0, 0.1) is 0 Å². The number of nitrogens with zero attached hydrogens (tertiary/aromatic N) is 1. The van der Waals surface area contributed by atoms with Crippen molar-refractivity contribution in [1.82, 2.24) is 10.2 Å². The molecule has 1 saturated heterocycles. The minimum atomic E-state index is -0.516. The molecule has 2 amide bonds. The van der Waals surface area contributed by atoms with Gasteiger partial charge in [-0.1, -0.05) is 12.7 Å². The topological polar surface area (TPSA) is 67.9 Å². The molecule has 6 heteroatoms. The first kappa shape index (κ1) is 19.8. The third kappa shape index (κ3) is 5.25. The maximum atomic E-state index is 12.7. The zero-order valence-corrected chi connectivity index (χ0v) is 16.0. The van der Waals surface area contributed by atoms with E-state index < -0.39 is 11.7 Å². The fraction of sp³-hybridized carbons (Fsp3) is 0.500. The fourth-order valence-corrected chi connectivity index (χ4v) is 2.91. The lowest BCUT2D eigenvalue weighted by atomic mass is 10.0. The Labute approximate surface area is 155 Å². The van der Waals surface area contributed by atoms with Crippen LogP contribution in [0.4, 0.5) is 4.79 Å². The molecule has 0 bridgehead atoms. The molecule has 2 rings (SSSR count). The maximum absolute atomic E-state index is 12.7. The Morgan fingerprint density at radius 2 is 1.92 bits per heavy atom. The van der Waals surface area contributed by atoms with E-state index in [4.69, 9.17) is 9.47 Å². The highest BCUT2D eigenvalue weighted by Crippen LogP contribution is 2.23. The second-order valence-electron chi connectivity index (χ2n) is 7.37. The van der Waals surface area contributed by atoms with Gasteiger partial charge in [0.15, 0.2) is 0 Å². The number of carbonyl (C=O) groups excluding carboxylic acids is 2. The summed E-state index contributed by atoms with van der Waals surface area (Å²) >= 11 is 0. The number of amides is 2. The Kier molecular flexibility index (Phi) is 6.29. The van der Waals surface area contributed by atoms with Crippen LogP contribution >= 0.6 is 0 Å².